The highest BCUT2D eigenvalue weighted by Gasteiger charge is 2.29. The Morgan fingerprint density at radius 2 is 1.83 bits per heavy atom. The van der Waals surface area contributed by atoms with Crippen LogP contribution in [0.3, 0.4) is 0 Å². The molecular weight excluding hydrogens is 316 g/mol. The number of likely N-dealkylation sites (N-methyl/N-ethyl adjacent to an activating group) is 2. The van der Waals surface area contributed by atoms with Crippen molar-refractivity contribution in [3.8, 4) is 0 Å². The lowest BCUT2D eigenvalue weighted by Gasteiger charge is -2.32. The number of nitrogens with one attached hydrogen (secondary N) is 2. The number of rotatable bonds is 6. The van der Waals surface area contributed by atoms with Crippen molar-refractivity contribution in [2.45, 2.75) is 11.4 Å². The van der Waals surface area contributed by atoms with Crippen LogP contribution in [0.15, 0.2) is 29.2 Å². The topological polar surface area (TPSA) is 81.8 Å². The largest absolute Gasteiger partial charge is 0.351 e. The van der Waals surface area contributed by atoms with Crippen LogP contribution in [0.4, 0.5) is 0 Å². The standard InChI is InChI=1S/C15H24N4O3S/c1-16-12-15(20)17-11-13-5-3-4-6-14(13)23(21,22)19-9-7-18(2)8-10-19/h3-6,16H,7-12H2,1-2H3,(H,17,20). The van der Waals surface area contributed by atoms with Gasteiger partial charge >= 0.3 is 0 Å². The first-order valence-corrected chi connectivity index (χ1v) is 9.07. The number of carbonyl (C=O) groups is 1. The Balaban J connectivity index is 2.16. The molecule has 1 aliphatic rings. The van der Waals surface area contributed by atoms with Gasteiger partial charge in [-0.15, -0.1) is 0 Å². The lowest BCUT2D eigenvalue weighted by atomic mass is 10.2. The fourth-order valence-corrected chi connectivity index (χ4v) is 4.13. The molecule has 8 heteroatoms. The molecule has 0 aliphatic carbocycles. The van der Waals surface area contributed by atoms with Crippen LogP contribution in [0, 0.1) is 0 Å². The van der Waals surface area contributed by atoms with Crippen LogP contribution in [0.2, 0.25) is 0 Å². The van der Waals surface area contributed by atoms with Crippen molar-refractivity contribution in [2.24, 2.45) is 0 Å². The molecule has 0 radical (unpaired) electrons. The first-order chi connectivity index (χ1) is 10.9. The number of benzene rings is 1. The number of carbonyl (C=O) groups excluding carboxylic acids is 1. The van der Waals surface area contributed by atoms with Crippen molar-refractivity contribution in [3.63, 3.8) is 0 Å². The molecule has 1 aromatic carbocycles. The van der Waals surface area contributed by atoms with E-state index < -0.39 is 10.0 Å². The number of nitrogens with zero attached hydrogens (tertiary/aromatic N) is 2. The molecule has 2 rings (SSSR count). The van der Waals surface area contributed by atoms with Crippen LogP contribution in [0.25, 0.3) is 0 Å². The molecule has 1 fully saturated rings. The van der Waals surface area contributed by atoms with E-state index in [0.717, 1.165) is 13.1 Å². The summed E-state index contributed by atoms with van der Waals surface area (Å²) in [7, 11) is 0.131. The minimum absolute atomic E-state index is 0.167. The number of amides is 1. The van der Waals surface area contributed by atoms with Crippen molar-refractivity contribution in [3.05, 3.63) is 29.8 Å². The van der Waals surface area contributed by atoms with E-state index in [9.17, 15) is 13.2 Å². The molecule has 0 unspecified atom stereocenters. The molecule has 0 bridgehead atoms. The summed E-state index contributed by atoms with van der Waals surface area (Å²) in [5, 5.41) is 5.49. The van der Waals surface area contributed by atoms with Crippen molar-refractivity contribution in [1.82, 2.24) is 19.8 Å². The van der Waals surface area contributed by atoms with Crippen LogP contribution in [0.5, 0.6) is 0 Å². The number of piperazine rings is 1. The fourth-order valence-electron chi connectivity index (χ4n) is 2.49. The summed E-state index contributed by atoms with van der Waals surface area (Å²) in [5.74, 6) is -0.167. The minimum atomic E-state index is -3.54. The summed E-state index contributed by atoms with van der Waals surface area (Å²) in [6.07, 6.45) is 0. The molecule has 0 atom stereocenters. The zero-order chi connectivity index (χ0) is 16.9. The monoisotopic (exact) mass is 340 g/mol. The third-order valence-corrected chi connectivity index (χ3v) is 5.87. The third-order valence-electron chi connectivity index (χ3n) is 3.87. The highest BCUT2D eigenvalue weighted by atomic mass is 32.2. The predicted octanol–water partition coefficient (Wildman–Crippen LogP) is -0.542. The van der Waals surface area contributed by atoms with Gasteiger partial charge in [-0.3, -0.25) is 4.79 Å². The number of hydrogen-bond acceptors (Lipinski definition) is 5. The lowest BCUT2D eigenvalue weighted by molar-refractivity contribution is -0.120. The maximum absolute atomic E-state index is 12.9. The van der Waals surface area contributed by atoms with E-state index in [1.807, 2.05) is 7.05 Å². The van der Waals surface area contributed by atoms with Gasteiger partial charge < -0.3 is 15.5 Å². The van der Waals surface area contributed by atoms with Gasteiger partial charge in [0.1, 0.15) is 0 Å². The van der Waals surface area contributed by atoms with E-state index in [2.05, 4.69) is 15.5 Å². The van der Waals surface area contributed by atoms with Gasteiger partial charge in [0.05, 0.1) is 11.4 Å². The zero-order valence-corrected chi connectivity index (χ0v) is 14.4. The first kappa shape index (κ1) is 17.9. The van der Waals surface area contributed by atoms with Gasteiger partial charge in [-0.05, 0) is 25.7 Å². The van der Waals surface area contributed by atoms with Gasteiger partial charge in [0.25, 0.3) is 0 Å². The van der Waals surface area contributed by atoms with Crippen molar-refractivity contribution >= 4 is 15.9 Å². The van der Waals surface area contributed by atoms with Crippen LogP contribution < -0.4 is 10.6 Å². The van der Waals surface area contributed by atoms with E-state index >= 15 is 0 Å². The van der Waals surface area contributed by atoms with Crippen LogP contribution >= 0.6 is 0 Å². The molecule has 1 saturated heterocycles. The normalized spacial score (nSPS) is 17.1. The Hall–Kier alpha value is -1.48. The van der Waals surface area contributed by atoms with Gasteiger partial charge in [0.2, 0.25) is 15.9 Å². The maximum atomic E-state index is 12.9. The summed E-state index contributed by atoms with van der Waals surface area (Å²) < 4.78 is 27.3. The molecule has 128 valence electrons. The summed E-state index contributed by atoms with van der Waals surface area (Å²) in [4.78, 5) is 14.0. The molecule has 0 aromatic heterocycles. The highest BCUT2D eigenvalue weighted by Crippen LogP contribution is 2.21. The van der Waals surface area contributed by atoms with E-state index in [4.69, 9.17) is 0 Å². The zero-order valence-electron chi connectivity index (χ0n) is 13.6. The van der Waals surface area contributed by atoms with Crippen LogP contribution in [-0.4, -0.2) is 70.3 Å². The molecule has 23 heavy (non-hydrogen) atoms. The molecule has 1 aliphatic heterocycles. The van der Waals surface area contributed by atoms with Gasteiger partial charge in [-0.1, -0.05) is 18.2 Å². The summed E-state index contributed by atoms with van der Waals surface area (Å²) >= 11 is 0. The molecular formula is C15H24N4O3S. The van der Waals surface area contributed by atoms with E-state index in [0.29, 0.717) is 18.7 Å². The molecule has 7 nitrogen and oxygen atoms in total. The SMILES string of the molecule is CNCC(=O)NCc1ccccc1S(=O)(=O)N1CCN(C)CC1. The Labute approximate surface area is 137 Å². The lowest BCUT2D eigenvalue weighted by Crippen LogP contribution is -2.47. The smallest absolute Gasteiger partial charge is 0.243 e. The fraction of sp³-hybridized carbons (Fsp3) is 0.533. The van der Waals surface area contributed by atoms with E-state index in [1.54, 1.807) is 31.3 Å². The Kier molecular flexibility index (Phi) is 6.11. The summed E-state index contributed by atoms with van der Waals surface area (Å²) in [6.45, 7) is 2.82. The molecule has 1 heterocycles. The van der Waals surface area contributed by atoms with Crippen LogP contribution in [0.1, 0.15) is 5.56 Å². The maximum Gasteiger partial charge on any atom is 0.243 e. The van der Waals surface area contributed by atoms with Crippen molar-refractivity contribution < 1.29 is 13.2 Å². The number of sulfonamides is 1. The molecule has 2 N–H and O–H groups in total. The average molecular weight is 340 g/mol. The Morgan fingerprint density at radius 1 is 1.17 bits per heavy atom. The number of hydrogen-bond donors (Lipinski definition) is 2. The third kappa shape index (κ3) is 4.51. The van der Waals surface area contributed by atoms with Crippen molar-refractivity contribution in [2.75, 3.05) is 46.8 Å². The summed E-state index contributed by atoms with van der Waals surface area (Å²) in [6, 6.07) is 6.83. The van der Waals surface area contributed by atoms with E-state index in [-0.39, 0.29) is 23.9 Å². The second-order valence-corrected chi connectivity index (χ2v) is 7.53. The van der Waals surface area contributed by atoms with Crippen LogP contribution in [-0.2, 0) is 21.4 Å². The quantitative estimate of drug-likeness (QED) is 0.727. The Morgan fingerprint density at radius 3 is 2.48 bits per heavy atom. The second kappa shape index (κ2) is 7.87. The molecule has 1 aromatic rings. The van der Waals surface area contributed by atoms with Gasteiger partial charge in [0.15, 0.2) is 0 Å². The summed E-state index contributed by atoms with van der Waals surface area (Å²) in [5.41, 5.74) is 0.607. The van der Waals surface area contributed by atoms with Gasteiger partial charge in [-0.25, -0.2) is 8.42 Å². The van der Waals surface area contributed by atoms with Crippen molar-refractivity contribution in [1.29, 1.82) is 0 Å². The molecule has 1 amide bonds. The molecule has 0 spiro atoms. The van der Waals surface area contributed by atoms with Gasteiger partial charge in [-0.2, -0.15) is 4.31 Å². The second-order valence-electron chi connectivity index (χ2n) is 5.62. The predicted molar refractivity (Wildman–Crippen MR) is 88.5 cm³/mol. The minimum Gasteiger partial charge on any atom is -0.351 e. The average Bonchev–Trinajstić information content (AvgIpc) is 2.54. The van der Waals surface area contributed by atoms with E-state index in [1.165, 1.54) is 4.31 Å². The first-order valence-electron chi connectivity index (χ1n) is 7.63. The highest BCUT2D eigenvalue weighted by molar-refractivity contribution is 7.89. The Bertz CT molecular complexity index is 640. The van der Waals surface area contributed by atoms with Gasteiger partial charge in [0, 0.05) is 32.7 Å². The molecule has 0 saturated carbocycles.